The minimum atomic E-state index is -0.141. The molecule has 3 nitrogen and oxygen atoms in total. The van der Waals surface area contributed by atoms with Crippen LogP contribution < -0.4 is 11.1 Å². The molecular formula is C10H20N2O. The van der Waals surface area contributed by atoms with Crippen LogP contribution >= 0.6 is 0 Å². The molecule has 0 saturated carbocycles. The Labute approximate surface area is 80.1 Å². The highest BCUT2D eigenvalue weighted by atomic mass is 16.1. The standard InChI is InChI=1S/C10H20N2O/c1-7(2)6-9-8(10(11)13)4-3-5-12-9/h7-9,12H,3-6H2,1-2H3,(H2,11,13). The van der Waals surface area contributed by atoms with E-state index in [1.807, 2.05) is 0 Å². The molecule has 3 heteroatoms. The van der Waals surface area contributed by atoms with Crippen LogP contribution in [0.5, 0.6) is 0 Å². The molecule has 1 amide bonds. The molecule has 0 radical (unpaired) electrons. The summed E-state index contributed by atoms with van der Waals surface area (Å²) in [6.07, 6.45) is 3.08. The van der Waals surface area contributed by atoms with Gasteiger partial charge >= 0.3 is 0 Å². The van der Waals surface area contributed by atoms with Crippen LogP contribution in [0.2, 0.25) is 0 Å². The molecule has 1 rings (SSSR count). The second kappa shape index (κ2) is 4.61. The number of nitrogens with one attached hydrogen (secondary N) is 1. The minimum Gasteiger partial charge on any atom is -0.369 e. The first-order chi connectivity index (χ1) is 6.11. The van der Waals surface area contributed by atoms with Gasteiger partial charge in [-0.1, -0.05) is 13.8 Å². The lowest BCUT2D eigenvalue weighted by molar-refractivity contribution is -0.123. The Bertz CT molecular complexity index is 180. The van der Waals surface area contributed by atoms with Gasteiger partial charge in [0.15, 0.2) is 0 Å². The summed E-state index contributed by atoms with van der Waals surface area (Å²) in [6, 6.07) is 0.311. The first-order valence-corrected chi connectivity index (χ1v) is 5.14. The maximum Gasteiger partial charge on any atom is 0.222 e. The number of primary amides is 1. The highest BCUT2D eigenvalue weighted by molar-refractivity contribution is 5.77. The molecule has 2 unspecified atom stereocenters. The normalized spacial score (nSPS) is 29.2. The number of hydrogen-bond acceptors (Lipinski definition) is 2. The highest BCUT2D eigenvalue weighted by Crippen LogP contribution is 2.21. The van der Waals surface area contributed by atoms with Crippen LogP contribution in [0.1, 0.15) is 33.1 Å². The summed E-state index contributed by atoms with van der Waals surface area (Å²) in [5, 5.41) is 3.38. The lowest BCUT2D eigenvalue weighted by atomic mass is 9.85. The van der Waals surface area contributed by atoms with Gasteiger partial charge in [0, 0.05) is 6.04 Å². The van der Waals surface area contributed by atoms with Gasteiger partial charge in [-0.3, -0.25) is 4.79 Å². The van der Waals surface area contributed by atoms with Gasteiger partial charge in [0.25, 0.3) is 0 Å². The summed E-state index contributed by atoms with van der Waals surface area (Å²) in [5.74, 6) is 0.534. The van der Waals surface area contributed by atoms with Gasteiger partial charge in [0.05, 0.1) is 5.92 Å². The molecule has 2 atom stereocenters. The molecule has 0 bridgehead atoms. The van der Waals surface area contributed by atoms with Crippen LogP contribution in [-0.2, 0) is 4.79 Å². The molecule has 0 aromatic heterocycles. The molecule has 0 aromatic rings. The van der Waals surface area contributed by atoms with Crippen LogP contribution in [0.15, 0.2) is 0 Å². The number of carbonyl (C=O) groups excluding carboxylic acids is 1. The number of nitrogens with two attached hydrogens (primary N) is 1. The Hall–Kier alpha value is -0.570. The van der Waals surface area contributed by atoms with Gasteiger partial charge in [-0.15, -0.1) is 0 Å². The predicted molar refractivity (Wildman–Crippen MR) is 53.2 cm³/mol. The topological polar surface area (TPSA) is 55.1 Å². The van der Waals surface area contributed by atoms with E-state index < -0.39 is 0 Å². The monoisotopic (exact) mass is 184 g/mol. The third kappa shape index (κ3) is 2.99. The van der Waals surface area contributed by atoms with E-state index in [1.165, 1.54) is 0 Å². The second-order valence-electron chi connectivity index (χ2n) is 4.34. The Morgan fingerprint density at radius 3 is 2.85 bits per heavy atom. The first kappa shape index (κ1) is 10.5. The average Bonchev–Trinajstić information content (AvgIpc) is 2.03. The Morgan fingerprint density at radius 2 is 2.31 bits per heavy atom. The molecular weight excluding hydrogens is 164 g/mol. The van der Waals surface area contributed by atoms with Crippen molar-refractivity contribution in [3.63, 3.8) is 0 Å². The van der Waals surface area contributed by atoms with Crippen LogP contribution in [-0.4, -0.2) is 18.5 Å². The predicted octanol–water partition coefficient (Wildman–Crippen LogP) is 0.886. The van der Waals surface area contributed by atoms with Gasteiger partial charge < -0.3 is 11.1 Å². The number of carbonyl (C=O) groups is 1. The van der Waals surface area contributed by atoms with E-state index in [-0.39, 0.29) is 11.8 Å². The third-order valence-electron chi connectivity index (χ3n) is 2.67. The fourth-order valence-electron chi connectivity index (χ4n) is 2.05. The van der Waals surface area contributed by atoms with Crippen molar-refractivity contribution in [2.75, 3.05) is 6.54 Å². The highest BCUT2D eigenvalue weighted by Gasteiger charge is 2.29. The summed E-state index contributed by atoms with van der Waals surface area (Å²) in [5.41, 5.74) is 5.35. The van der Waals surface area contributed by atoms with E-state index in [9.17, 15) is 4.79 Å². The summed E-state index contributed by atoms with van der Waals surface area (Å²) < 4.78 is 0. The van der Waals surface area contributed by atoms with E-state index in [2.05, 4.69) is 19.2 Å². The lowest BCUT2D eigenvalue weighted by Crippen LogP contribution is -2.47. The molecule has 1 aliphatic rings. The average molecular weight is 184 g/mol. The van der Waals surface area contributed by atoms with Crippen LogP contribution in [0, 0.1) is 11.8 Å². The Kier molecular flexibility index (Phi) is 3.72. The lowest BCUT2D eigenvalue weighted by Gasteiger charge is -2.31. The van der Waals surface area contributed by atoms with E-state index in [0.29, 0.717) is 12.0 Å². The first-order valence-electron chi connectivity index (χ1n) is 5.14. The summed E-state index contributed by atoms with van der Waals surface area (Å²) in [4.78, 5) is 11.1. The zero-order chi connectivity index (χ0) is 9.84. The summed E-state index contributed by atoms with van der Waals surface area (Å²) >= 11 is 0. The third-order valence-corrected chi connectivity index (χ3v) is 2.67. The van der Waals surface area contributed by atoms with Crippen molar-refractivity contribution in [1.82, 2.24) is 5.32 Å². The fraction of sp³-hybridized carbons (Fsp3) is 0.900. The molecule has 1 saturated heterocycles. The maximum atomic E-state index is 11.1. The number of amides is 1. The SMILES string of the molecule is CC(C)CC1NCCCC1C(N)=O. The largest absolute Gasteiger partial charge is 0.369 e. The molecule has 1 fully saturated rings. The smallest absolute Gasteiger partial charge is 0.222 e. The van der Waals surface area contributed by atoms with Crippen molar-refractivity contribution in [3.05, 3.63) is 0 Å². The van der Waals surface area contributed by atoms with Crippen molar-refractivity contribution < 1.29 is 4.79 Å². The molecule has 13 heavy (non-hydrogen) atoms. The maximum absolute atomic E-state index is 11.1. The van der Waals surface area contributed by atoms with Crippen molar-refractivity contribution in [2.45, 2.75) is 39.2 Å². The quantitative estimate of drug-likeness (QED) is 0.684. The van der Waals surface area contributed by atoms with E-state index in [0.717, 1.165) is 25.8 Å². The second-order valence-corrected chi connectivity index (χ2v) is 4.34. The molecule has 1 aliphatic heterocycles. The van der Waals surface area contributed by atoms with E-state index in [4.69, 9.17) is 5.73 Å². The van der Waals surface area contributed by atoms with Gasteiger partial charge in [-0.05, 0) is 31.7 Å². The Balaban J connectivity index is 2.51. The fourth-order valence-corrected chi connectivity index (χ4v) is 2.05. The van der Waals surface area contributed by atoms with Crippen molar-refractivity contribution in [3.8, 4) is 0 Å². The van der Waals surface area contributed by atoms with Crippen molar-refractivity contribution in [1.29, 1.82) is 0 Å². The zero-order valence-electron chi connectivity index (χ0n) is 8.55. The molecule has 1 heterocycles. The minimum absolute atomic E-state index is 0.0520. The van der Waals surface area contributed by atoms with E-state index >= 15 is 0 Å². The van der Waals surface area contributed by atoms with Crippen molar-refractivity contribution in [2.24, 2.45) is 17.6 Å². The molecule has 76 valence electrons. The molecule has 0 spiro atoms. The van der Waals surface area contributed by atoms with Crippen LogP contribution in [0.25, 0.3) is 0 Å². The zero-order valence-corrected chi connectivity index (χ0v) is 8.55. The number of rotatable bonds is 3. The van der Waals surface area contributed by atoms with Gasteiger partial charge in [-0.2, -0.15) is 0 Å². The molecule has 3 N–H and O–H groups in total. The number of piperidine rings is 1. The van der Waals surface area contributed by atoms with E-state index in [1.54, 1.807) is 0 Å². The summed E-state index contributed by atoms with van der Waals surface area (Å²) in [7, 11) is 0. The van der Waals surface area contributed by atoms with Crippen molar-refractivity contribution >= 4 is 5.91 Å². The van der Waals surface area contributed by atoms with Crippen LogP contribution in [0.3, 0.4) is 0 Å². The number of hydrogen-bond donors (Lipinski definition) is 2. The Morgan fingerprint density at radius 1 is 1.62 bits per heavy atom. The van der Waals surface area contributed by atoms with Gasteiger partial charge in [-0.25, -0.2) is 0 Å². The molecule has 0 aliphatic carbocycles. The van der Waals surface area contributed by atoms with Gasteiger partial charge in [0.2, 0.25) is 5.91 Å². The van der Waals surface area contributed by atoms with Gasteiger partial charge in [0.1, 0.15) is 0 Å². The molecule has 0 aromatic carbocycles. The van der Waals surface area contributed by atoms with Crippen LogP contribution in [0.4, 0.5) is 0 Å². The summed E-state index contributed by atoms with van der Waals surface area (Å²) in [6.45, 7) is 5.38.